The number of carboxylic acid groups (broad SMARTS) is 1. The number of allylic oxidation sites excluding steroid dienone is 2. The van der Waals surface area contributed by atoms with Crippen molar-refractivity contribution in [1.29, 1.82) is 0 Å². The van der Waals surface area contributed by atoms with Crippen molar-refractivity contribution in [1.82, 2.24) is 0 Å². The summed E-state index contributed by atoms with van der Waals surface area (Å²) in [6.45, 7) is 2.22. The van der Waals surface area contributed by atoms with Crippen LogP contribution in [0.2, 0.25) is 0 Å². The minimum absolute atomic E-state index is 0.236. The second-order valence-electron chi connectivity index (χ2n) is 7.27. The van der Waals surface area contributed by atoms with E-state index in [1.165, 1.54) is 25.7 Å². The van der Waals surface area contributed by atoms with Gasteiger partial charge in [0.05, 0.1) is 0 Å². The summed E-state index contributed by atoms with van der Waals surface area (Å²) in [6, 6.07) is 9.99. The summed E-state index contributed by atoms with van der Waals surface area (Å²) in [5.74, 6) is -0.488. The van der Waals surface area contributed by atoms with Crippen molar-refractivity contribution >= 4 is 17.3 Å². The smallest absolute Gasteiger partial charge is 0.303 e. The van der Waals surface area contributed by atoms with Gasteiger partial charge in [-0.15, -0.1) is 0 Å². The van der Waals surface area contributed by atoms with Crippen LogP contribution in [0.5, 0.6) is 0 Å². The van der Waals surface area contributed by atoms with Crippen LogP contribution in [-0.2, 0) is 9.59 Å². The molecule has 0 fully saturated rings. The number of carboxylic acids is 1. The van der Waals surface area contributed by atoms with Crippen LogP contribution < -0.4 is 0 Å². The fourth-order valence-corrected chi connectivity index (χ4v) is 3.23. The average molecular weight is 373 g/mol. The van der Waals surface area contributed by atoms with Gasteiger partial charge >= 0.3 is 5.97 Å². The molecule has 0 atom stereocenters. The van der Waals surface area contributed by atoms with Crippen LogP contribution in [-0.4, -0.2) is 16.9 Å². The lowest BCUT2D eigenvalue weighted by Gasteiger charge is -2.08. The van der Waals surface area contributed by atoms with Gasteiger partial charge in [0.25, 0.3) is 0 Å². The molecule has 0 heterocycles. The number of unbranched alkanes of at least 4 members (excludes halogenated alkanes) is 9. The summed E-state index contributed by atoms with van der Waals surface area (Å²) in [6.07, 6.45) is 14.7. The molecule has 1 aromatic rings. The highest BCUT2D eigenvalue weighted by Gasteiger charge is 2.11. The number of carbonyl (C=O) groups is 2. The first-order chi connectivity index (χ1) is 13.1. The van der Waals surface area contributed by atoms with Gasteiger partial charge in [-0.3, -0.25) is 9.59 Å². The van der Waals surface area contributed by atoms with E-state index in [-0.39, 0.29) is 12.2 Å². The maximum Gasteiger partial charge on any atom is 0.303 e. The average Bonchev–Trinajstić information content (AvgIpc) is 2.67. The van der Waals surface area contributed by atoms with Crippen molar-refractivity contribution in [3.8, 4) is 0 Å². The van der Waals surface area contributed by atoms with Crippen molar-refractivity contribution in [2.24, 2.45) is 0 Å². The Morgan fingerprint density at radius 3 is 2.07 bits per heavy atom. The second-order valence-corrected chi connectivity index (χ2v) is 7.27. The Hall–Kier alpha value is -1.90. The van der Waals surface area contributed by atoms with Gasteiger partial charge in [-0.2, -0.15) is 0 Å². The number of ketones is 1. The Balaban J connectivity index is 2.42. The lowest BCUT2D eigenvalue weighted by molar-refractivity contribution is -0.137. The van der Waals surface area contributed by atoms with Gasteiger partial charge in [-0.05, 0) is 31.2 Å². The van der Waals surface area contributed by atoms with Crippen molar-refractivity contribution in [3.05, 3.63) is 42.0 Å². The zero-order valence-electron chi connectivity index (χ0n) is 16.9. The monoisotopic (exact) mass is 372 g/mol. The lowest BCUT2D eigenvalue weighted by Crippen LogP contribution is -2.02. The largest absolute Gasteiger partial charge is 0.481 e. The molecular formula is C24H36O3. The number of Topliss-reactive ketones (excluding diaryl/α,β-unsaturated/α-hetero) is 1. The van der Waals surface area contributed by atoms with Gasteiger partial charge in [-0.25, -0.2) is 0 Å². The Morgan fingerprint density at radius 2 is 1.41 bits per heavy atom. The van der Waals surface area contributed by atoms with Crippen molar-refractivity contribution in [2.45, 2.75) is 90.4 Å². The highest BCUT2D eigenvalue weighted by Crippen LogP contribution is 2.20. The number of rotatable bonds is 16. The molecule has 27 heavy (non-hydrogen) atoms. The lowest BCUT2D eigenvalue weighted by atomic mass is 9.96. The first kappa shape index (κ1) is 23.1. The molecule has 0 unspecified atom stereocenters. The minimum atomic E-state index is -0.725. The predicted molar refractivity (Wildman–Crippen MR) is 113 cm³/mol. The fraction of sp³-hybridized carbons (Fsp3) is 0.583. The molecule has 150 valence electrons. The van der Waals surface area contributed by atoms with E-state index in [9.17, 15) is 9.59 Å². The number of aliphatic carboxylic acids is 1. The van der Waals surface area contributed by atoms with Gasteiger partial charge < -0.3 is 5.11 Å². The Kier molecular flexibility index (Phi) is 13.0. The SMILES string of the molecule is CCCCCCC/C=C(\C(=O)CCCCCCCC(=O)O)c1ccccc1. The van der Waals surface area contributed by atoms with E-state index in [0.29, 0.717) is 6.42 Å². The van der Waals surface area contributed by atoms with Gasteiger partial charge in [-0.1, -0.05) is 88.3 Å². The first-order valence-corrected chi connectivity index (χ1v) is 10.7. The van der Waals surface area contributed by atoms with Crippen molar-refractivity contribution < 1.29 is 14.7 Å². The predicted octanol–water partition coefficient (Wildman–Crippen LogP) is 6.81. The van der Waals surface area contributed by atoms with Crippen molar-refractivity contribution in [3.63, 3.8) is 0 Å². The summed E-state index contributed by atoms with van der Waals surface area (Å²) < 4.78 is 0. The molecular weight excluding hydrogens is 336 g/mol. The van der Waals surface area contributed by atoms with E-state index >= 15 is 0 Å². The van der Waals surface area contributed by atoms with Crippen LogP contribution in [0.15, 0.2) is 36.4 Å². The van der Waals surface area contributed by atoms with Crippen LogP contribution in [0.4, 0.5) is 0 Å². The van der Waals surface area contributed by atoms with Gasteiger partial charge in [0.2, 0.25) is 0 Å². The standard InChI is InChI=1S/C24H36O3/c1-2-3-4-5-7-13-18-22(21-16-11-10-12-17-21)23(25)19-14-8-6-9-15-20-24(26)27/h10-12,16-18H,2-9,13-15,19-20H2,1H3,(H,26,27)/b22-18-. The van der Waals surface area contributed by atoms with Crippen LogP contribution in [0.25, 0.3) is 5.57 Å². The number of hydrogen-bond acceptors (Lipinski definition) is 2. The first-order valence-electron chi connectivity index (χ1n) is 10.7. The maximum atomic E-state index is 12.7. The Labute approximate surface area is 164 Å². The van der Waals surface area contributed by atoms with Gasteiger partial charge in [0, 0.05) is 18.4 Å². The van der Waals surface area contributed by atoms with Gasteiger partial charge in [0.15, 0.2) is 5.78 Å². The molecule has 1 rings (SSSR count). The minimum Gasteiger partial charge on any atom is -0.481 e. The van der Waals surface area contributed by atoms with Crippen LogP contribution >= 0.6 is 0 Å². The van der Waals surface area contributed by atoms with E-state index in [1.54, 1.807) is 0 Å². The van der Waals surface area contributed by atoms with E-state index in [4.69, 9.17) is 5.11 Å². The Bertz CT molecular complexity index is 560. The molecule has 0 amide bonds. The highest BCUT2D eigenvalue weighted by molar-refractivity contribution is 6.20. The molecule has 0 aliphatic rings. The molecule has 0 bridgehead atoms. The summed E-state index contributed by atoms with van der Waals surface area (Å²) in [4.78, 5) is 23.2. The summed E-state index contributed by atoms with van der Waals surface area (Å²) in [5, 5.41) is 8.64. The Morgan fingerprint density at radius 1 is 0.815 bits per heavy atom. The highest BCUT2D eigenvalue weighted by atomic mass is 16.4. The zero-order chi connectivity index (χ0) is 19.7. The molecule has 0 aromatic heterocycles. The fourth-order valence-electron chi connectivity index (χ4n) is 3.23. The maximum absolute atomic E-state index is 12.7. The topological polar surface area (TPSA) is 54.4 Å². The molecule has 0 saturated carbocycles. The van der Waals surface area contributed by atoms with E-state index < -0.39 is 5.97 Å². The second kappa shape index (κ2) is 15.2. The summed E-state index contributed by atoms with van der Waals surface area (Å²) >= 11 is 0. The van der Waals surface area contributed by atoms with Crippen LogP contribution in [0.3, 0.4) is 0 Å². The number of carbonyl (C=O) groups excluding carboxylic acids is 1. The number of benzene rings is 1. The molecule has 3 nitrogen and oxygen atoms in total. The third-order valence-corrected chi connectivity index (χ3v) is 4.84. The summed E-state index contributed by atoms with van der Waals surface area (Å²) in [7, 11) is 0. The normalized spacial score (nSPS) is 11.5. The van der Waals surface area contributed by atoms with E-state index in [2.05, 4.69) is 13.0 Å². The van der Waals surface area contributed by atoms with Crippen LogP contribution in [0, 0.1) is 0 Å². The quantitative estimate of drug-likeness (QED) is 0.256. The van der Waals surface area contributed by atoms with Crippen molar-refractivity contribution in [2.75, 3.05) is 0 Å². The molecule has 0 spiro atoms. The van der Waals surface area contributed by atoms with Gasteiger partial charge in [0.1, 0.15) is 0 Å². The van der Waals surface area contributed by atoms with E-state index in [0.717, 1.165) is 56.1 Å². The van der Waals surface area contributed by atoms with E-state index in [1.807, 2.05) is 30.3 Å². The van der Waals surface area contributed by atoms with Crippen LogP contribution in [0.1, 0.15) is 96.0 Å². The zero-order valence-corrected chi connectivity index (χ0v) is 16.9. The third kappa shape index (κ3) is 11.4. The molecule has 3 heteroatoms. The molecule has 0 saturated heterocycles. The number of hydrogen-bond donors (Lipinski definition) is 1. The molecule has 0 radical (unpaired) electrons. The molecule has 0 aliphatic carbocycles. The summed E-state index contributed by atoms with van der Waals surface area (Å²) in [5.41, 5.74) is 1.90. The third-order valence-electron chi connectivity index (χ3n) is 4.84. The molecule has 1 aromatic carbocycles. The molecule has 0 aliphatic heterocycles. The molecule has 1 N–H and O–H groups in total.